The number of hydrogen-bond acceptors (Lipinski definition) is 3. The van der Waals surface area contributed by atoms with Crippen LogP contribution < -0.4 is 0 Å². The van der Waals surface area contributed by atoms with Crippen LogP contribution in [0.25, 0.3) is 11.1 Å². The summed E-state index contributed by atoms with van der Waals surface area (Å²) in [5.74, 6) is -1.08. The fraction of sp³-hybridized carbons (Fsp3) is 0.0833. The molecule has 1 heterocycles. The van der Waals surface area contributed by atoms with Crippen molar-refractivity contribution in [2.75, 3.05) is 0 Å². The molecule has 0 aliphatic heterocycles. The molecule has 92 valence electrons. The van der Waals surface area contributed by atoms with Gasteiger partial charge in [0.05, 0.1) is 11.8 Å². The fourth-order valence-corrected chi connectivity index (χ4v) is 1.89. The zero-order valence-electron chi connectivity index (χ0n) is 9.42. The van der Waals surface area contributed by atoms with Crippen LogP contribution in [0.4, 0.5) is 0 Å². The third kappa shape index (κ3) is 2.00. The van der Waals surface area contributed by atoms with Crippen LogP contribution in [-0.4, -0.2) is 27.1 Å². The molecule has 2 aromatic rings. The quantitative estimate of drug-likeness (QED) is 0.863. The molecule has 0 aliphatic carbocycles. The molecule has 6 heteroatoms. The Morgan fingerprint density at radius 1 is 1.44 bits per heavy atom. The molecule has 0 saturated carbocycles. The number of halogens is 1. The van der Waals surface area contributed by atoms with Crippen LogP contribution >= 0.6 is 11.6 Å². The highest BCUT2D eigenvalue weighted by Crippen LogP contribution is 2.29. The highest BCUT2D eigenvalue weighted by atomic mass is 35.5. The van der Waals surface area contributed by atoms with Crippen LogP contribution in [0.5, 0.6) is 0 Å². The van der Waals surface area contributed by atoms with Gasteiger partial charge in [0.15, 0.2) is 6.29 Å². The van der Waals surface area contributed by atoms with Crippen LogP contribution in [0.3, 0.4) is 0 Å². The standard InChI is InChI=1S/C12H9ClN2O3/c1-15-11(6-16)10(5-14-15)9-4-7(13)2-3-8(9)12(17)18/h2-6H,1H3,(H,17,18). The molecule has 2 rings (SSSR count). The summed E-state index contributed by atoms with van der Waals surface area (Å²) in [6.45, 7) is 0. The zero-order chi connectivity index (χ0) is 13.3. The summed E-state index contributed by atoms with van der Waals surface area (Å²) >= 11 is 5.87. The average molecular weight is 265 g/mol. The van der Waals surface area contributed by atoms with Gasteiger partial charge in [-0.25, -0.2) is 4.79 Å². The number of nitrogens with zero attached hydrogens (tertiary/aromatic N) is 2. The lowest BCUT2D eigenvalue weighted by Gasteiger charge is -2.05. The Balaban J connectivity index is 2.73. The first-order chi connectivity index (χ1) is 8.54. The first-order valence-corrected chi connectivity index (χ1v) is 5.42. The summed E-state index contributed by atoms with van der Waals surface area (Å²) in [5.41, 5.74) is 1.22. The second-order valence-electron chi connectivity index (χ2n) is 3.68. The second-order valence-corrected chi connectivity index (χ2v) is 4.12. The van der Waals surface area contributed by atoms with E-state index in [1.165, 1.54) is 29.1 Å². The lowest BCUT2D eigenvalue weighted by molar-refractivity contribution is 0.0697. The van der Waals surface area contributed by atoms with Crippen molar-refractivity contribution < 1.29 is 14.7 Å². The molecule has 1 N–H and O–H groups in total. The Morgan fingerprint density at radius 2 is 2.17 bits per heavy atom. The number of hydrogen-bond donors (Lipinski definition) is 1. The molecule has 18 heavy (non-hydrogen) atoms. The molecule has 0 amide bonds. The van der Waals surface area contributed by atoms with Gasteiger partial charge in [0, 0.05) is 23.2 Å². The highest BCUT2D eigenvalue weighted by Gasteiger charge is 2.17. The van der Waals surface area contributed by atoms with Gasteiger partial charge in [-0.3, -0.25) is 9.48 Å². The molecule has 0 bridgehead atoms. The molecular weight excluding hydrogens is 256 g/mol. The first-order valence-electron chi connectivity index (χ1n) is 5.05. The Labute approximate surface area is 108 Å². The fourth-order valence-electron chi connectivity index (χ4n) is 1.72. The largest absolute Gasteiger partial charge is 0.478 e. The number of aldehydes is 1. The number of aromatic nitrogens is 2. The lowest BCUT2D eigenvalue weighted by Crippen LogP contribution is -2.01. The SMILES string of the molecule is Cn1ncc(-c2cc(Cl)ccc2C(=O)O)c1C=O. The molecule has 1 aromatic carbocycles. The summed E-state index contributed by atoms with van der Waals surface area (Å²) < 4.78 is 1.38. The van der Waals surface area contributed by atoms with Gasteiger partial charge >= 0.3 is 5.97 Å². The van der Waals surface area contributed by atoms with Crippen LogP contribution in [0.15, 0.2) is 24.4 Å². The van der Waals surface area contributed by atoms with Gasteiger partial charge < -0.3 is 5.11 Å². The molecule has 0 atom stereocenters. The molecule has 0 aliphatic rings. The lowest BCUT2D eigenvalue weighted by atomic mass is 10.0. The Hall–Kier alpha value is -2.14. The van der Waals surface area contributed by atoms with E-state index in [9.17, 15) is 9.59 Å². The number of rotatable bonds is 3. The summed E-state index contributed by atoms with van der Waals surface area (Å²) in [5, 5.41) is 13.5. The van der Waals surface area contributed by atoms with Gasteiger partial charge in [0.25, 0.3) is 0 Å². The molecule has 0 saturated heterocycles. The number of carboxylic acid groups (broad SMARTS) is 1. The topological polar surface area (TPSA) is 72.2 Å². The summed E-state index contributed by atoms with van der Waals surface area (Å²) in [7, 11) is 1.61. The molecular formula is C12H9ClN2O3. The first kappa shape index (κ1) is 12.3. The predicted octanol–water partition coefficient (Wildman–Crippen LogP) is 2.25. The molecule has 0 unspecified atom stereocenters. The Morgan fingerprint density at radius 3 is 2.78 bits per heavy atom. The third-order valence-corrected chi connectivity index (χ3v) is 2.83. The van der Waals surface area contributed by atoms with Gasteiger partial charge in [0.1, 0.15) is 5.69 Å². The molecule has 0 radical (unpaired) electrons. The zero-order valence-corrected chi connectivity index (χ0v) is 10.2. The van der Waals surface area contributed by atoms with E-state index in [-0.39, 0.29) is 5.56 Å². The van der Waals surface area contributed by atoms with E-state index < -0.39 is 5.97 Å². The van der Waals surface area contributed by atoms with Crippen molar-refractivity contribution in [1.29, 1.82) is 0 Å². The van der Waals surface area contributed by atoms with E-state index >= 15 is 0 Å². The number of carbonyl (C=O) groups excluding carboxylic acids is 1. The minimum Gasteiger partial charge on any atom is -0.478 e. The minimum atomic E-state index is -1.08. The van der Waals surface area contributed by atoms with E-state index in [4.69, 9.17) is 16.7 Å². The Kier molecular flexibility index (Phi) is 3.16. The van der Waals surface area contributed by atoms with Crippen LogP contribution in [0, 0.1) is 0 Å². The second kappa shape index (κ2) is 4.62. The van der Waals surface area contributed by atoms with Crippen molar-refractivity contribution in [2.24, 2.45) is 7.05 Å². The van der Waals surface area contributed by atoms with E-state index in [2.05, 4.69) is 5.10 Å². The maximum absolute atomic E-state index is 11.2. The molecule has 5 nitrogen and oxygen atoms in total. The number of benzene rings is 1. The molecule has 1 aromatic heterocycles. The maximum atomic E-state index is 11.2. The van der Waals surface area contributed by atoms with Crippen molar-refractivity contribution in [3.63, 3.8) is 0 Å². The molecule has 0 spiro atoms. The van der Waals surface area contributed by atoms with Crippen molar-refractivity contribution in [3.05, 3.63) is 40.7 Å². The highest BCUT2D eigenvalue weighted by molar-refractivity contribution is 6.31. The normalized spacial score (nSPS) is 10.3. The van der Waals surface area contributed by atoms with Crippen molar-refractivity contribution >= 4 is 23.9 Å². The van der Waals surface area contributed by atoms with E-state index in [0.29, 0.717) is 28.1 Å². The number of aryl methyl sites for hydroxylation is 1. The predicted molar refractivity (Wildman–Crippen MR) is 66.0 cm³/mol. The average Bonchev–Trinajstić information content (AvgIpc) is 2.69. The van der Waals surface area contributed by atoms with Gasteiger partial charge in [-0.15, -0.1) is 0 Å². The number of carboxylic acids is 1. The van der Waals surface area contributed by atoms with E-state index in [1.807, 2.05) is 0 Å². The van der Waals surface area contributed by atoms with Gasteiger partial charge in [-0.1, -0.05) is 11.6 Å². The summed E-state index contributed by atoms with van der Waals surface area (Å²) in [6, 6.07) is 4.40. The molecule has 0 fully saturated rings. The van der Waals surface area contributed by atoms with Crippen molar-refractivity contribution in [2.45, 2.75) is 0 Å². The van der Waals surface area contributed by atoms with Gasteiger partial charge in [0.2, 0.25) is 0 Å². The third-order valence-electron chi connectivity index (χ3n) is 2.60. The van der Waals surface area contributed by atoms with Crippen molar-refractivity contribution in [3.8, 4) is 11.1 Å². The van der Waals surface area contributed by atoms with Gasteiger partial charge in [-0.05, 0) is 18.2 Å². The number of aromatic carboxylic acids is 1. The Bertz CT molecular complexity index is 634. The maximum Gasteiger partial charge on any atom is 0.336 e. The van der Waals surface area contributed by atoms with Crippen molar-refractivity contribution in [1.82, 2.24) is 9.78 Å². The minimum absolute atomic E-state index is 0.0792. The smallest absolute Gasteiger partial charge is 0.336 e. The van der Waals surface area contributed by atoms with Crippen LogP contribution in [0.2, 0.25) is 5.02 Å². The monoisotopic (exact) mass is 264 g/mol. The number of carbonyl (C=O) groups is 2. The van der Waals surface area contributed by atoms with E-state index in [0.717, 1.165) is 0 Å². The van der Waals surface area contributed by atoms with Crippen LogP contribution in [-0.2, 0) is 7.05 Å². The van der Waals surface area contributed by atoms with E-state index in [1.54, 1.807) is 7.05 Å². The summed E-state index contributed by atoms with van der Waals surface area (Å²) in [6.07, 6.45) is 2.08. The van der Waals surface area contributed by atoms with Gasteiger partial charge in [-0.2, -0.15) is 5.10 Å². The van der Waals surface area contributed by atoms with Crippen LogP contribution in [0.1, 0.15) is 20.8 Å². The summed E-state index contributed by atoms with van der Waals surface area (Å²) in [4.78, 5) is 22.2.